The van der Waals surface area contributed by atoms with Crippen LogP contribution in [0, 0.1) is 19.7 Å². The third-order valence-corrected chi connectivity index (χ3v) is 3.56. The Morgan fingerprint density at radius 2 is 1.84 bits per heavy atom. The van der Waals surface area contributed by atoms with Gasteiger partial charge in [0.1, 0.15) is 5.82 Å². The van der Waals surface area contributed by atoms with Gasteiger partial charge in [0.15, 0.2) is 5.78 Å². The summed E-state index contributed by atoms with van der Waals surface area (Å²) < 4.78 is 13.0. The van der Waals surface area contributed by atoms with E-state index in [4.69, 9.17) is 11.6 Å². The second-order valence-electron chi connectivity index (χ2n) is 4.63. The van der Waals surface area contributed by atoms with Crippen LogP contribution in [-0.2, 0) is 6.42 Å². The van der Waals surface area contributed by atoms with Gasteiger partial charge in [0.25, 0.3) is 0 Å². The Labute approximate surface area is 117 Å². The maximum atomic E-state index is 13.0. The van der Waals surface area contributed by atoms with Crippen molar-refractivity contribution in [3.05, 3.63) is 69.5 Å². The molecule has 2 aromatic rings. The molecule has 0 N–H and O–H groups in total. The number of hydrogen-bond donors (Lipinski definition) is 0. The summed E-state index contributed by atoms with van der Waals surface area (Å²) in [6.07, 6.45) is 0.255. The molecule has 0 radical (unpaired) electrons. The molecule has 0 saturated carbocycles. The summed E-state index contributed by atoms with van der Waals surface area (Å²) >= 11 is 6.01. The highest BCUT2D eigenvalue weighted by Crippen LogP contribution is 2.19. The van der Waals surface area contributed by atoms with E-state index in [-0.39, 0.29) is 18.0 Å². The molecule has 0 spiro atoms. The van der Waals surface area contributed by atoms with Crippen LogP contribution in [0.5, 0.6) is 0 Å². The van der Waals surface area contributed by atoms with Gasteiger partial charge in [-0.1, -0.05) is 29.8 Å². The molecular weight excluding hydrogens is 263 g/mol. The van der Waals surface area contributed by atoms with Crippen molar-refractivity contribution in [2.75, 3.05) is 0 Å². The van der Waals surface area contributed by atoms with Crippen LogP contribution in [0.1, 0.15) is 27.0 Å². The minimum Gasteiger partial charge on any atom is -0.294 e. The molecular formula is C16H14ClFO. The van der Waals surface area contributed by atoms with E-state index >= 15 is 0 Å². The van der Waals surface area contributed by atoms with Gasteiger partial charge in [-0.15, -0.1) is 0 Å². The lowest BCUT2D eigenvalue weighted by Gasteiger charge is -2.06. The maximum absolute atomic E-state index is 13.0. The van der Waals surface area contributed by atoms with Crippen LogP contribution in [0.15, 0.2) is 36.4 Å². The Hall–Kier alpha value is -1.67. The first-order chi connectivity index (χ1) is 8.97. The van der Waals surface area contributed by atoms with Gasteiger partial charge < -0.3 is 0 Å². The fraction of sp³-hybridized carbons (Fsp3) is 0.188. The molecule has 2 rings (SSSR count). The van der Waals surface area contributed by atoms with E-state index in [1.165, 1.54) is 12.1 Å². The van der Waals surface area contributed by atoms with Crippen LogP contribution in [0.3, 0.4) is 0 Å². The monoisotopic (exact) mass is 276 g/mol. The number of benzene rings is 2. The third-order valence-electron chi connectivity index (χ3n) is 3.15. The summed E-state index contributed by atoms with van der Waals surface area (Å²) in [7, 11) is 0. The number of carbonyl (C=O) groups excluding carboxylic acids is 1. The van der Waals surface area contributed by atoms with Crippen LogP contribution < -0.4 is 0 Å². The molecule has 1 nitrogen and oxygen atoms in total. The number of carbonyl (C=O) groups is 1. The standard InChI is InChI=1S/C16H14ClFO/c1-10-3-4-13(8-15(10)17)16(19)9-12-5-6-14(18)7-11(12)2/h3-8H,9H2,1-2H3. The van der Waals surface area contributed by atoms with Crippen LogP contribution >= 0.6 is 11.6 Å². The van der Waals surface area contributed by atoms with Gasteiger partial charge in [-0.25, -0.2) is 4.39 Å². The van der Waals surface area contributed by atoms with E-state index in [1.807, 2.05) is 13.0 Å². The molecule has 0 aliphatic rings. The number of ketones is 1. The molecule has 0 amide bonds. The van der Waals surface area contributed by atoms with E-state index in [9.17, 15) is 9.18 Å². The van der Waals surface area contributed by atoms with Gasteiger partial charge in [-0.05, 0) is 48.7 Å². The van der Waals surface area contributed by atoms with E-state index in [0.29, 0.717) is 10.6 Å². The van der Waals surface area contributed by atoms with Crippen molar-refractivity contribution in [1.82, 2.24) is 0 Å². The predicted molar refractivity (Wildman–Crippen MR) is 75.4 cm³/mol. The zero-order valence-electron chi connectivity index (χ0n) is 10.8. The lowest BCUT2D eigenvalue weighted by molar-refractivity contribution is 0.0992. The van der Waals surface area contributed by atoms with Crippen molar-refractivity contribution in [3.63, 3.8) is 0 Å². The number of rotatable bonds is 3. The Morgan fingerprint density at radius 3 is 2.47 bits per heavy atom. The zero-order chi connectivity index (χ0) is 14.0. The van der Waals surface area contributed by atoms with Crippen molar-refractivity contribution >= 4 is 17.4 Å². The summed E-state index contributed by atoms with van der Waals surface area (Å²) in [5.41, 5.74) is 3.14. The van der Waals surface area contributed by atoms with Crippen LogP contribution in [-0.4, -0.2) is 5.78 Å². The Balaban J connectivity index is 2.23. The van der Waals surface area contributed by atoms with Crippen molar-refractivity contribution in [2.45, 2.75) is 20.3 Å². The highest BCUT2D eigenvalue weighted by Gasteiger charge is 2.10. The molecule has 0 atom stereocenters. The second kappa shape index (κ2) is 5.54. The van der Waals surface area contributed by atoms with Crippen LogP contribution in [0.2, 0.25) is 5.02 Å². The lowest BCUT2D eigenvalue weighted by atomic mass is 9.99. The molecule has 0 aliphatic heterocycles. The minimum atomic E-state index is -0.285. The van der Waals surface area contributed by atoms with Gasteiger partial charge in [0.05, 0.1) is 0 Å². The predicted octanol–water partition coefficient (Wildman–Crippen LogP) is 4.52. The number of aryl methyl sites for hydroxylation is 2. The molecule has 0 saturated heterocycles. The minimum absolute atomic E-state index is 0.0170. The normalized spacial score (nSPS) is 10.5. The van der Waals surface area contributed by atoms with Crippen molar-refractivity contribution in [1.29, 1.82) is 0 Å². The first-order valence-corrected chi connectivity index (χ1v) is 6.39. The summed E-state index contributed by atoms with van der Waals surface area (Å²) in [6, 6.07) is 9.73. The molecule has 19 heavy (non-hydrogen) atoms. The topological polar surface area (TPSA) is 17.1 Å². The van der Waals surface area contributed by atoms with Crippen molar-refractivity contribution in [2.24, 2.45) is 0 Å². The average molecular weight is 277 g/mol. The van der Waals surface area contributed by atoms with Gasteiger partial charge in [-0.3, -0.25) is 4.79 Å². The number of halogens is 2. The van der Waals surface area contributed by atoms with E-state index in [1.54, 1.807) is 25.1 Å². The van der Waals surface area contributed by atoms with Gasteiger partial charge >= 0.3 is 0 Å². The van der Waals surface area contributed by atoms with Crippen molar-refractivity contribution in [3.8, 4) is 0 Å². The average Bonchev–Trinajstić information content (AvgIpc) is 2.36. The molecule has 0 heterocycles. The molecule has 0 unspecified atom stereocenters. The molecule has 0 bridgehead atoms. The van der Waals surface area contributed by atoms with Crippen LogP contribution in [0.25, 0.3) is 0 Å². The Bertz CT molecular complexity index is 635. The number of hydrogen-bond acceptors (Lipinski definition) is 1. The highest BCUT2D eigenvalue weighted by atomic mass is 35.5. The van der Waals surface area contributed by atoms with E-state index in [0.717, 1.165) is 16.7 Å². The highest BCUT2D eigenvalue weighted by molar-refractivity contribution is 6.31. The summed E-state index contributed by atoms with van der Waals surface area (Å²) in [5.74, 6) is -0.302. The summed E-state index contributed by atoms with van der Waals surface area (Å²) in [4.78, 5) is 12.2. The van der Waals surface area contributed by atoms with Gasteiger partial charge in [-0.2, -0.15) is 0 Å². The zero-order valence-corrected chi connectivity index (χ0v) is 11.6. The molecule has 2 aromatic carbocycles. The molecule has 3 heteroatoms. The third kappa shape index (κ3) is 3.21. The molecule has 98 valence electrons. The SMILES string of the molecule is Cc1ccc(C(=O)Cc2ccc(F)cc2C)cc1Cl. The molecule has 0 aliphatic carbocycles. The summed E-state index contributed by atoms with van der Waals surface area (Å²) in [6.45, 7) is 3.69. The molecule has 0 fully saturated rings. The van der Waals surface area contributed by atoms with Crippen LogP contribution in [0.4, 0.5) is 4.39 Å². The largest absolute Gasteiger partial charge is 0.294 e. The van der Waals surface area contributed by atoms with E-state index < -0.39 is 0 Å². The second-order valence-corrected chi connectivity index (χ2v) is 5.04. The Kier molecular flexibility index (Phi) is 4.01. The van der Waals surface area contributed by atoms with Crippen molar-refractivity contribution < 1.29 is 9.18 Å². The number of Topliss-reactive ketones (excluding diaryl/α,β-unsaturated/α-hetero) is 1. The fourth-order valence-electron chi connectivity index (χ4n) is 1.90. The fourth-order valence-corrected chi connectivity index (χ4v) is 2.08. The maximum Gasteiger partial charge on any atom is 0.167 e. The smallest absolute Gasteiger partial charge is 0.167 e. The lowest BCUT2D eigenvalue weighted by Crippen LogP contribution is -2.05. The summed E-state index contributed by atoms with van der Waals surface area (Å²) in [5, 5.41) is 0.585. The first-order valence-electron chi connectivity index (χ1n) is 6.02. The van der Waals surface area contributed by atoms with Gasteiger partial charge in [0.2, 0.25) is 0 Å². The van der Waals surface area contributed by atoms with E-state index in [2.05, 4.69) is 0 Å². The molecule has 0 aromatic heterocycles. The van der Waals surface area contributed by atoms with Gasteiger partial charge in [0, 0.05) is 17.0 Å². The first kappa shape index (κ1) is 13.8. The Morgan fingerprint density at radius 1 is 1.11 bits per heavy atom. The quantitative estimate of drug-likeness (QED) is 0.753.